The normalized spacial score (nSPS) is 24.9. The van der Waals surface area contributed by atoms with Crippen molar-refractivity contribution in [1.82, 2.24) is 0 Å². The second-order valence-electron chi connectivity index (χ2n) is 40.8. The van der Waals surface area contributed by atoms with E-state index in [0.717, 1.165) is 156 Å². The van der Waals surface area contributed by atoms with Crippen LogP contribution in [0.5, 0.6) is 0 Å². The molecule has 4 saturated carbocycles. The lowest BCUT2D eigenvalue weighted by atomic mass is 9.64. The van der Waals surface area contributed by atoms with Gasteiger partial charge in [-0.15, -0.1) is 0 Å². The van der Waals surface area contributed by atoms with Crippen molar-refractivity contribution in [3.8, 4) is 89.0 Å². The van der Waals surface area contributed by atoms with Crippen LogP contribution in [-0.4, -0.2) is 111 Å². The summed E-state index contributed by atoms with van der Waals surface area (Å²) in [6, 6.07) is 126. The summed E-state index contributed by atoms with van der Waals surface area (Å²) in [7, 11) is 13.6. The van der Waals surface area contributed by atoms with E-state index < -0.39 is 55.6 Å². The number of allylic oxidation sites excluding steroid dienone is 4. The van der Waals surface area contributed by atoms with Gasteiger partial charge in [-0.2, -0.15) is 0 Å². The van der Waals surface area contributed by atoms with Gasteiger partial charge in [0.2, 0.25) is 0 Å². The number of hydrogen-bond donors (Lipinski definition) is 0. The third-order valence-electron chi connectivity index (χ3n) is 33.5. The van der Waals surface area contributed by atoms with E-state index >= 15 is 0 Å². The highest BCUT2D eigenvalue weighted by atomic mass is 16.7. The first-order valence-corrected chi connectivity index (χ1v) is 51.5. The summed E-state index contributed by atoms with van der Waals surface area (Å²) in [5, 5.41) is 0. The van der Waals surface area contributed by atoms with Gasteiger partial charge in [0, 0.05) is 56.9 Å². The molecule has 16 heteroatoms. The van der Waals surface area contributed by atoms with Gasteiger partial charge in [-0.25, -0.2) is 0 Å². The highest BCUT2D eigenvalue weighted by molar-refractivity contribution is 5.76. The molecule has 0 spiro atoms. The Morgan fingerprint density at radius 1 is 0.123 bits per heavy atom. The minimum atomic E-state index is -0.761. The molecule has 0 N–H and O–H groups in total. The molecule has 0 radical (unpaired) electrons. The maximum Gasteiger partial charge on any atom is 0.147 e. The lowest BCUT2D eigenvalue weighted by molar-refractivity contribution is -0.203. The van der Waals surface area contributed by atoms with Crippen molar-refractivity contribution < 1.29 is 75.8 Å². The van der Waals surface area contributed by atoms with E-state index in [1.54, 1.807) is 56.9 Å². The Bertz CT molecular complexity index is 5930. The molecule has 748 valence electrons. The quantitative estimate of drug-likeness (QED) is 0.0417. The number of hydrogen-bond acceptors (Lipinski definition) is 16. The van der Waals surface area contributed by atoms with Crippen molar-refractivity contribution in [2.75, 3.05) is 111 Å². The zero-order valence-electron chi connectivity index (χ0n) is 85.1. The summed E-state index contributed by atoms with van der Waals surface area (Å²) in [6.07, 6.45) is 20.9. The highest BCUT2D eigenvalue weighted by Crippen LogP contribution is 2.58. The predicted octanol–water partition coefficient (Wildman–Crippen LogP) is 28.7. The average molecular weight is 1950 g/mol. The Morgan fingerprint density at radius 2 is 0.205 bits per heavy atom. The first-order valence-electron chi connectivity index (χ1n) is 51.5. The van der Waals surface area contributed by atoms with Gasteiger partial charge in [-0.05, 0) is 259 Å². The molecular weight excluding hydrogens is 1820 g/mol. The van der Waals surface area contributed by atoms with Crippen LogP contribution in [0, 0.1) is 0 Å². The first kappa shape index (κ1) is 99.9. The molecule has 14 aromatic rings. The van der Waals surface area contributed by atoms with Crippen LogP contribution < -0.4 is 0 Å². The molecule has 38 bridgehead atoms. The van der Waals surface area contributed by atoms with Crippen LogP contribution in [-0.2, 0) is 131 Å². The zero-order valence-corrected chi connectivity index (χ0v) is 85.1. The topological polar surface area (TPSA) is 148 Å². The largest absolute Gasteiger partial charge is 0.359 e. The second-order valence-corrected chi connectivity index (χ2v) is 40.8. The third-order valence-corrected chi connectivity index (χ3v) is 33.5. The van der Waals surface area contributed by atoms with Gasteiger partial charge in [0.15, 0.2) is 0 Å². The molecule has 4 fully saturated rings. The van der Waals surface area contributed by atoms with E-state index in [4.69, 9.17) is 75.8 Å². The molecule has 0 aromatic heterocycles. The summed E-state index contributed by atoms with van der Waals surface area (Å²) < 4.78 is 101. The van der Waals surface area contributed by atoms with Crippen molar-refractivity contribution >= 4 is 0 Å². The number of methoxy groups -OCH3 is 8. The van der Waals surface area contributed by atoms with E-state index in [2.05, 4.69) is 364 Å². The summed E-state index contributed by atoms with van der Waals surface area (Å²) >= 11 is 0. The minimum absolute atomic E-state index is 0.142. The van der Waals surface area contributed by atoms with Crippen LogP contribution in [0.15, 0.2) is 364 Å². The van der Waals surface area contributed by atoms with Crippen molar-refractivity contribution in [2.45, 2.75) is 158 Å². The standard InChI is InChI=1S/C130H132O16/c1-131-85-139-123-69-77-127(78-70-123,143-89-135-5)117-57-33-105(34-58-117)97-17-41-109(42-18-97)121-65-67-122(68-66-121,111-45-21-99(22-46-111)107-37-59-118(60-38-107)128(144-90-136-6)79-71-124(72-80-128,140-86-132-2)114-51-27-102(28-52-114)94-11-9-93(10-12-94)101-25-49-113(123)50-26-101)112-47-23-100(24-48-112)108-39-63-120(64-40-108)130(146-92-138-8)83-75-126(76-84-130,142-88-134-4)116-55-31-104(32-56-116)96-15-13-95(14-16-96)103-29-53-115(54-30-103)125(141-87-133-3)73-81-129(82-74-125,145-91-137-7)119-61-35-106(36-62-119)98-19-43-110(121)44-20-98/h9-68H,69-92H2,1-8H3. The van der Waals surface area contributed by atoms with Crippen LogP contribution in [0.2, 0.25) is 0 Å². The number of ether oxygens (including phenoxy) is 16. The van der Waals surface area contributed by atoms with Gasteiger partial charge in [0.05, 0.1) is 55.6 Å². The van der Waals surface area contributed by atoms with Gasteiger partial charge in [0.1, 0.15) is 54.3 Å². The maximum atomic E-state index is 6.93. The van der Waals surface area contributed by atoms with Crippen LogP contribution in [0.3, 0.4) is 0 Å². The number of benzene rings is 14. The van der Waals surface area contributed by atoms with E-state index in [9.17, 15) is 0 Å². The van der Waals surface area contributed by atoms with Gasteiger partial charge in [0.25, 0.3) is 0 Å². The molecule has 0 unspecified atom stereocenters. The summed E-state index contributed by atoms with van der Waals surface area (Å²) in [5.41, 5.74) is 24.4. The van der Waals surface area contributed by atoms with Crippen molar-refractivity contribution in [1.29, 1.82) is 0 Å². The van der Waals surface area contributed by atoms with Crippen molar-refractivity contribution in [3.05, 3.63) is 431 Å². The van der Waals surface area contributed by atoms with Gasteiger partial charge in [-0.1, -0.05) is 364 Å². The summed E-state index contributed by atoms with van der Waals surface area (Å²) in [4.78, 5) is 0. The molecule has 14 aromatic carbocycles. The molecular formula is C130H132O16. The highest BCUT2D eigenvalue weighted by Gasteiger charge is 2.52. The lowest BCUT2D eigenvalue weighted by Gasteiger charge is -2.46. The van der Waals surface area contributed by atoms with E-state index in [-0.39, 0.29) is 54.3 Å². The van der Waals surface area contributed by atoms with Gasteiger partial charge >= 0.3 is 0 Å². The van der Waals surface area contributed by atoms with Crippen LogP contribution in [0.1, 0.15) is 169 Å². The van der Waals surface area contributed by atoms with Crippen LogP contribution in [0.25, 0.3) is 89.0 Å². The summed E-state index contributed by atoms with van der Waals surface area (Å²) in [5.74, 6) is 0. The molecule has 51 rings (SSSR count). The fourth-order valence-corrected chi connectivity index (χ4v) is 24.7. The Labute approximate surface area is 859 Å². The molecule has 146 heavy (non-hydrogen) atoms. The Kier molecular flexibility index (Phi) is 29.4. The molecule has 37 aliphatic rings. The molecule has 16 nitrogen and oxygen atoms in total. The Morgan fingerprint density at radius 3 is 0.295 bits per heavy atom. The van der Waals surface area contributed by atoms with E-state index in [0.29, 0.717) is 103 Å². The minimum Gasteiger partial charge on any atom is -0.359 e. The van der Waals surface area contributed by atoms with Crippen molar-refractivity contribution in [3.63, 3.8) is 0 Å². The fourth-order valence-electron chi connectivity index (χ4n) is 24.7. The van der Waals surface area contributed by atoms with E-state index in [1.807, 2.05) is 0 Å². The Balaban J connectivity index is 0.676. The van der Waals surface area contributed by atoms with Gasteiger partial charge < -0.3 is 75.8 Å². The molecule has 0 atom stereocenters. The molecule has 0 saturated heterocycles. The smallest absolute Gasteiger partial charge is 0.147 e. The maximum absolute atomic E-state index is 6.93. The van der Waals surface area contributed by atoms with E-state index in [1.165, 1.54) is 0 Å². The van der Waals surface area contributed by atoms with Gasteiger partial charge in [-0.3, -0.25) is 0 Å². The first-order chi connectivity index (χ1) is 71.5. The summed E-state index contributed by atoms with van der Waals surface area (Å²) in [6.45, 7) is 1.18. The van der Waals surface area contributed by atoms with Crippen molar-refractivity contribution in [2.24, 2.45) is 0 Å². The zero-order chi connectivity index (χ0) is 99.9. The molecule has 37 aliphatic carbocycles. The SMILES string of the molecule is COCOC12CCC(OCOC)(CC1)c1ccc(cc1)-c1ccc(cc1)C13C=CC(C=C1)(c1ccc(cc1)-c1ccc(cc1)C1(OCOC)CCC(OCOC)(CC1)c1ccc(cc1)-c1ccc(cc1)-c1ccc2cc1)c1ccc(cc1)-c1ccc(cc1)C1(OCOC)CCC(OCOC)(CC1)c1ccc(cc1)-c1ccc(cc1)-c1ccc(cc1)C1(OCOC)CCC(OCOC)(CC1)c1ccc(cc1)-c1ccc3cc1. The third kappa shape index (κ3) is 19.3. The monoisotopic (exact) mass is 1950 g/mol. The molecule has 0 aliphatic heterocycles. The predicted molar refractivity (Wildman–Crippen MR) is 573 cm³/mol. The molecule has 0 heterocycles. The molecule has 0 amide bonds. The lowest BCUT2D eigenvalue weighted by Crippen LogP contribution is -2.43. The fraction of sp³-hybridized carbons (Fsp3) is 0.323. The second kappa shape index (κ2) is 43.0. The average Bonchev–Trinajstić information content (AvgIpc) is 0.723. The van der Waals surface area contributed by atoms with Crippen LogP contribution >= 0.6 is 0 Å². The van der Waals surface area contributed by atoms with Crippen LogP contribution in [0.4, 0.5) is 0 Å². The number of rotatable bonds is 24. The Hall–Kier alpha value is -12.1.